The lowest BCUT2D eigenvalue weighted by Gasteiger charge is -2.14. The average molecular weight is 381 g/mol. The van der Waals surface area contributed by atoms with Crippen molar-refractivity contribution in [2.45, 2.75) is 13.0 Å². The molecule has 23 heavy (non-hydrogen) atoms. The lowest BCUT2D eigenvalue weighted by atomic mass is 10.2. The average Bonchev–Trinajstić information content (AvgIpc) is 2.51. The van der Waals surface area contributed by atoms with Gasteiger partial charge in [0.25, 0.3) is 5.91 Å². The summed E-state index contributed by atoms with van der Waals surface area (Å²) in [6.07, 6.45) is -1.11. The van der Waals surface area contributed by atoms with Crippen molar-refractivity contribution in [3.8, 4) is 0 Å². The molecule has 0 bridgehead atoms. The number of esters is 1. The Morgan fingerprint density at radius 2 is 1.96 bits per heavy atom. The molecule has 7 heteroatoms. The molecule has 0 aliphatic heterocycles. The minimum atomic E-state index is -1.11. The fourth-order valence-electron chi connectivity index (χ4n) is 1.78. The summed E-state index contributed by atoms with van der Waals surface area (Å²) in [6, 6.07) is 10.4. The second kappa shape index (κ2) is 7.23. The number of amides is 1. The van der Waals surface area contributed by atoms with E-state index in [1.54, 1.807) is 18.2 Å². The Bertz CT molecular complexity index is 752. The van der Waals surface area contributed by atoms with Gasteiger partial charge in [-0.1, -0.05) is 28.1 Å². The van der Waals surface area contributed by atoms with Crippen molar-refractivity contribution in [2.24, 2.45) is 0 Å². The van der Waals surface area contributed by atoms with Gasteiger partial charge in [-0.05, 0) is 37.3 Å². The third-order valence-corrected chi connectivity index (χ3v) is 3.51. The molecule has 2 aromatic carbocycles. The Labute approximate surface area is 140 Å². The third-order valence-electron chi connectivity index (χ3n) is 3.02. The summed E-state index contributed by atoms with van der Waals surface area (Å²) in [5.74, 6) is -1.95. The molecule has 0 spiro atoms. The van der Waals surface area contributed by atoms with Gasteiger partial charge in [0, 0.05) is 10.2 Å². The molecule has 0 unspecified atom stereocenters. The van der Waals surface area contributed by atoms with Crippen LogP contribution >= 0.6 is 15.9 Å². The normalized spacial score (nSPS) is 11.6. The number of nitrogens with one attached hydrogen (secondary N) is 1. The molecule has 0 radical (unpaired) electrons. The molecule has 0 aliphatic rings. The van der Waals surface area contributed by atoms with Crippen molar-refractivity contribution in [3.05, 3.63) is 58.3 Å². The van der Waals surface area contributed by atoms with E-state index in [1.165, 1.54) is 31.2 Å². The first kappa shape index (κ1) is 17.0. The number of para-hydroxylation sites is 1. The van der Waals surface area contributed by atoms with E-state index in [9.17, 15) is 14.0 Å². The second-order valence-corrected chi connectivity index (χ2v) is 5.66. The van der Waals surface area contributed by atoms with Crippen LogP contribution in [0.25, 0.3) is 0 Å². The van der Waals surface area contributed by atoms with Crippen LogP contribution in [-0.2, 0) is 9.53 Å². The molecule has 0 saturated carbocycles. The molecule has 3 N–H and O–H groups in total. The van der Waals surface area contributed by atoms with Crippen molar-refractivity contribution in [1.82, 2.24) is 0 Å². The number of rotatable bonds is 4. The molecule has 5 nitrogen and oxygen atoms in total. The van der Waals surface area contributed by atoms with Crippen molar-refractivity contribution < 1.29 is 18.7 Å². The number of nitrogen functional groups attached to an aromatic ring is 1. The SMILES string of the molecule is C[C@@H](OC(=O)c1cc(Br)ccc1N)C(=O)Nc1ccccc1F. The highest BCUT2D eigenvalue weighted by Crippen LogP contribution is 2.20. The molecule has 0 heterocycles. The standard InChI is InChI=1S/C16H14BrFN2O3/c1-9(15(21)20-14-5-3-2-4-12(14)18)23-16(22)11-8-10(17)6-7-13(11)19/h2-9H,19H2,1H3,(H,20,21)/t9-/m1/s1. The van der Waals surface area contributed by atoms with Gasteiger partial charge in [-0.3, -0.25) is 4.79 Å². The zero-order chi connectivity index (χ0) is 17.0. The topological polar surface area (TPSA) is 81.4 Å². The van der Waals surface area contributed by atoms with Crippen LogP contribution in [0.2, 0.25) is 0 Å². The maximum atomic E-state index is 13.5. The second-order valence-electron chi connectivity index (χ2n) is 4.75. The fraction of sp³-hybridized carbons (Fsp3) is 0.125. The summed E-state index contributed by atoms with van der Waals surface area (Å²) in [7, 11) is 0. The predicted molar refractivity (Wildman–Crippen MR) is 88.5 cm³/mol. The van der Waals surface area contributed by atoms with E-state index in [0.717, 1.165) is 0 Å². The summed E-state index contributed by atoms with van der Waals surface area (Å²) < 4.78 is 19.2. The van der Waals surface area contributed by atoms with Gasteiger partial charge in [0.1, 0.15) is 5.82 Å². The molecule has 0 aliphatic carbocycles. The van der Waals surface area contributed by atoms with Gasteiger partial charge in [0.2, 0.25) is 0 Å². The first-order valence-corrected chi connectivity index (χ1v) is 7.49. The van der Waals surface area contributed by atoms with Gasteiger partial charge in [0.05, 0.1) is 11.3 Å². The highest BCUT2D eigenvalue weighted by molar-refractivity contribution is 9.10. The molecule has 0 aromatic heterocycles. The molecule has 120 valence electrons. The molecular weight excluding hydrogens is 367 g/mol. The predicted octanol–water partition coefficient (Wildman–Crippen LogP) is 3.35. The first-order valence-electron chi connectivity index (χ1n) is 6.70. The Morgan fingerprint density at radius 3 is 2.65 bits per heavy atom. The minimum Gasteiger partial charge on any atom is -0.449 e. The molecule has 2 rings (SSSR count). The Balaban J connectivity index is 2.05. The van der Waals surface area contributed by atoms with Crippen molar-refractivity contribution in [1.29, 1.82) is 0 Å². The van der Waals surface area contributed by atoms with Gasteiger partial charge in [-0.2, -0.15) is 0 Å². The fourth-order valence-corrected chi connectivity index (χ4v) is 2.14. The van der Waals surface area contributed by atoms with E-state index in [2.05, 4.69) is 21.2 Å². The van der Waals surface area contributed by atoms with Crippen LogP contribution in [0.15, 0.2) is 46.9 Å². The number of anilines is 2. The van der Waals surface area contributed by atoms with Crippen LogP contribution in [0.4, 0.5) is 15.8 Å². The van der Waals surface area contributed by atoms with Crippen LogP contribution in [-0.4, -0.2) is 18.0 Å². The van der Waals surface area contributed by atoms with Crippen LogP contribution in [0.3, 0.4) is 0 Å². The molecule has 2 aromatic rings. The Hall–Kier alpha value is -2.41. The molecule has 0 fully saturated rings. The Kier molecular flexibility index (Phi) is 5.33. The van der Waals surface area contributed by atoms with E-state index in [1.807, 2.05) is 0 Å². The van der Waals surface area contributed by atoms with E-state index in [0.29, 0.717) is 4.47 Å². The lowest BCUT2D eigenvalue weighted by molar-refractivity contribution is -0.123. The van der Waals surface area contributed by atoms with Crippen molar-refractivity contribution in [3.63, 3.8) is 0 Å². The van der Waals surface area contributed by atoms with Crippen LogP contribution in [0, 0.1) is 5.82 Å². The van der Waals surface area contributed by atoms with E-state index >= 15 is 0 Å². The Morgan fingerprint density at radius 1 is 1.26 bits per heavy atom. The zero-order valence-electron chi connectivity index (χ0n) is 12.2. The van der Waals surface area contributed by atoms with Gasteiger partial charge in [-0.15, -0.1) is 0 Å². The van der Waals surface area contributed by atoms with E-state index < -0.39 is 23.8 Å². The zero-order valence-corrected chi connectivity index (χ0v) is 13.8. The van der Waals surface area contributed by atoms with E-state index in [-0.39, 0.29) is 16.9 Å². The van der Waals surface area contributed by atoms with Gasteiger partial charge in [-0.25, -0.2) is 9.18 Å². The number of hydrogen-bond acceptors (Lipinski definition) is 4. The maximum Gasteiger partial charge on any atom is 0.341 e. The molecule has 0 saturated heterocycles. The number of carbonyl (C=O) groups excluding carboxylic acids is 2. The number of ether oxygens (including phenoxy) is 1. The van der Waals surface area contributed by atoms with Gasteiger partial charge in [0.15, 0.2) is 6.10 Å². The largest absolute Gasteiger partial charge is 0.449 e. The number of carbonyl (C=O) groups is 2. The summed E-state index contributed by atoms with van der Waals surface area (Å²) in [5.41, 5.74) is 6.11. The third kappa shape index (κ3) is 4.29. The first-order chi connectivity index (χ1) is 10.9. The number of benzene rings is 2. The number of nitrogens with two attached hydrogens (primary N) is 1. The van der Waals surface area contributed by atoms with Crippen LogP contribution in [0.1, 0.15) is 17.3 Å². The lowest BCUT2D eigenvalue weighted by Crippen LogP contribution is -2.30. The monoisotopic (exact) mass is 380 g/mol. The quantitative estimate of drug-likeness (QED) is 0.629. The van der Waals surface area contributed by atoms with Gasteiger partial charge >= 0.3 is 5.97 Å². The highest BCUT2D eigenvalue weighted by atomic mass is 79.9. The number of halogens is 2. The van der Waals surface area contributed by atoms with Crippen molar-refractivity contribution in [2.75, 3.05) is 11.1 Å². The van der Waals surface area contributed by atoms with Crippen LogP contribution < -0.4 is 11.1 Å². The summed E-state index contributed by atoms with van der Waals surface area (Å²) in [5, 5.41) is 2.36. The minimum absolute atomic E-state index is 0.0161. The van der Waals surface area contributed by atoms with Crippen molar-refractivity contribution >= 4 is 39.2 Å². The number of hydrogen-bond donors (Lipinski definition) is 2. The maximum absolute atomic E-state index is 13.5. The summed E-state index contributed by atoms with van der Waals surface area (Å²) in [6.45, 7) is 1.39. The van der Waals surface area contributed by atoms with Gasteiger partial charge < -0.3 is 15.8 Å². The van der Waals surface area contributed by atoms with Crippen LogP contribution in [0.5, 0.6) is 0 Å². The molecular formula is C16H14BrFN2O3. The smallest absolute Gasteiger partial charge is 0.341 e. The summed E-state index contributed by atoms with van der Waals surface area (Å²) >= 11 is 3.23. The van der Waals surface area contributed by atoms with E-state index in [4.69, 9.17) is 10.5 Å². The highest BCUT2D eigenvalue weighted by Gasteiger charge is 2.21. The summed E-state index contributed by atoms with van der Waals surface area (Å²) in [4.78, 5) is 24.1. The molecule has 1 amide bonds. The molecule has 1 atom stereocenters.